The highest BCUT2D eigenvalue weighted by atomic mass is 16.3. The van der Waals surface area contributed by atoms with Crippen LogP contribution in [-0.4, -0.2) is 5.11 Å². The third-order valence-corrected chi connectivity index (χ3v) is 3.60. The first-order chi connectivity index (χ1) is 8.01. The summed E-state index contributed by atoms with van der Waals surface area (Å²) in [6, 6.07) is 6.03. The number of hydrogen-bond donors (Lipinski definition) is 1. The Morgan fingerprint density at radius 3 is 2.41 bits per heavy atom. The third-order valence-electron chi connectivity index (χ3n) is 3.60. The second-order valence-corrected chi connectivity index (χ2v) is 5.55. The predicted molar refractivity (Wildman–Crippen MR) is 74.7 cm³/mol. The number of aromatic hydroxyl groups is 1. The lowest BCUT2D eigenvalue weighted by atomic mass is 9.79. The standard InChI is InChI=1S/C16H26O/c1-5-7-8-11-16(3,4)14-12-13(6-2)9-10-15(14)17/h9-10,12,17H,5-8,11H2,1-4H3. The third kappa shape index (κ3) is 3.76. The van der Waals surface area contributed by atoms with Gasteiger partial charge in [-0.05, 0) is 35.4 Å². The summed E-state index contributed by atoms with van der Waals surface area (Å²) in [5, 5.41) is 10.0. The van der Waals surface area contributed by atoms with E-state index < -0.39 is 0 Å². The van der Waals surface area contributed by atoms with Gasteiger partial charge < -0.3 is 5.11 Å². The molecule has 1 nitrogen and oxygen atoms in total. The molecule has 1 rings (SSSR count). The van der Waals surface area contributed by atoms with Gasteiger partial charge in [-0.25, -0.2) is 0 Å². The monoisotopic (exact) mass is 234 g/mol. The fraction of sp³-hybridized carbons (Fsp3) is 0.625. The van der Waals surface area contributed by atoms with E-state index in [0.717, 1.165) is 18.4 Å². The zero-order valence-corrected chi connectivity index (χ0v) is 11.7. The van der Waals surface area contributed by atoms with Crippen molar-refractivity contribution in [3.05, 3.63) is 29.3 Å². The fourth-order valence-corrected chi connectivity index (χ4v) is 2.30. The van der Waals surface area contributed by atoms with Crippen LogP contribution in [-0.2, 0) is 11.8 Å². The lowest BCUT2D eigenvalue weighted by Crippen LogP contribution is -2.17. The molecule has 0 unspecified atom stereocenters. The molecule has 0 spiro atoms. The summed E-state index contributed by atoms with van der Waals surface area (Å²) in [5.41, 5.74) is 2.49. The molecule has 0 atom stereocenters. The molecule has 0 aromatic heterocycles. The first-order valence-electron chi connectivity index (χ1n) is 6.83. The fourth-order valence-electron chi connectivity index (χ4n) is 2.30. The molecule has 96 valence electrons. The Labute approximate surface area is 106 Å². The number of phenols is 1. The minimum atomic E-state index is 0.0738. The van der Waals surface area contributed by atoms with E-state index in [1.54, 1.807) is 0 Å². The van der Waals surface area contributed by atoms with E-state index in [0.29, 0.717) is 5.75 Å². The van der Waals surface area contributed by atoms with Crippen molar-refractivity contribution in [2.45, 2.75) is 65.2 Å². The van der Waals surface area contributed by atoms with Crippen LogP contribution >= 0.6 is 0 Å². The van der Waals surface area contributed by atoms with Gasteiger partial charge in [0, 0.05) is 0 Å². The predicted octanol–water partition coefficient (Wildman–Crippen LogP) is 4.81. The molecule has 1 aromatic carbocycles. The Morgan fingerprint density at radius 2 is 1.82 bits per heavy atom. The molecule has 1 N–H and O–H groups in total. The minimum Gasteiger partial charge on any atom is -0.508 e. The molecule has 0 saturated heterocycles. The van der Waals surface area contributed by atoms with Gasteiger partial charge in [0.2, 0.25) is 0 Å². The van der Waals surface area contributed by atoms with Crippen LogP contribution in [0.3, 0.4) is 0 Å². The maximum atomic E-state index is 10.0. The lowest BCUT2D eigenvalue weighted by Gasteiger charge is -2.26. The highest BCUT2D eigenvalue weighted by molar-refractivity contribution is 5.41. The van der Waals surface area contributed by atoms with E-state index in [2.05, 4.69) is 33.8 Å². The van der Waals surface area contributed by atoms with Crippen molar-refractivity contribution in [1.29, 1.82) is 0 Å². The average molecular weight is 234 g/mol. The molecule has 1 heteroatoms. The number of rotatable bonds is 6. The Hall–Kier alpha value is -0.980. The number of aryl methyl sites for hydroxylation is 1. The number of benzene rings is 1. The van der Waals surface area contributed by atoms with Gasteiger partial charge >= 0.3 is 0 Å². The summed E-state index contributed by atoms with van der Waals surface area (Å²) in [7, 11) is 0. The quantitative estimate of drug-likeness (QED) is 0.700. The van der Waals surface area contributed by atoms with Crippen LogP contribution < -0.4 is 0 Å². The normalized spacial score (nSPS) is 11.8. The zero-order valence-electron chi connectivity index (χ0n) is 11.7. The summed E-state index contributed by atoms with van der Waals surface area (Å²) in [4.78, 5) is 0. The Bertz CT molecular complexity index is 353. The molecular weight excluding hydrogens is 208 g/mol. The van der Waals surface area contributed by atoms with Crippen LogP contribution in [0.1, 0.15) is 64.5 Å². The van der Waals surface area contributed by atoms with E-state index in [4.69, 9.17) is 0 Å². The SMILES string of the molecule is CCCCCC(C)(C)c1cc(CC)ccc1O. The molecular formula is C16H26O. The average Bonchev–Trinajstić information content (AvgIpc) is 2.29. The van der Waals surface area contributed by atoms with Crippen LogP contribution in [0.2, 0.25) is 0 Å². The highest BCUT2D eigenvalue weighted by Gasteiger charge is 2.23. The van der Waals surface area contributed by atoms with Gasteiger partial charge in [0.1, 0.15) is 5.75 Å². The smallest absolute Gasteiger partial charge is 0.119 e. The van der Waals surface area contributed by atoms with Crippen LogP contribution in [0.4, 0.5) is 0 Å². The summed E-state index contributed by atoms with van der Waals surface area (Å²) in [6.45, 7) is 8.84. The summed E-state index contributed by atoms with van der Waals surface area (Å²) in [5.74, 6) is 0.448. The maximum absolute atomic E-state index is 10.0. The zero-order chi connectivity index (χ0) is 12.9. The Morgan fingerprint density at radius 1 is 1.12 bits per heavy atom. The molecule has 1 aromatic rings. The lowest BCUT2D eigenvalue weighted by molar-refractivity contribution is 0.407. The summed E-state index contributed by atoms with van der Waals surface area (Å²) >= 11 is 0. The first kappa shape index (κ1) is 14.1. The van der Waals surface area contributed by atoms with Gasteiger partial charge in [0.15, 0.2) is 0 Å². The van der Waals surface area contributed by atoms with Crippen molar-refractivity contribution in [2.75, 3.05) is 0 Å². The van der Waals surface area contributed by atoms with Crippen LogP contribution in [0.25, 0.3) is 0 Å². The van der Waals surface area contributed by atoms with Gasteiger partial charge in [-0.2, -0.15) is 0 Å². The first-order valence-corrected chi connectivity index (χ1v) is 6.83. The topological polar surface area (TPSA) is 20.2 Å². The van der Waals surface area contributed by atoms with Crippen molar-refractivity contribution in [1.82, 2.24) is 0 Å². The molecule has 0 aliphatic heterocycles. The molecule has 0 fully saturated rings. The van der Waals surface area contributed by atoms with E-state index in [1.165, 1.54) is 24.8 Å². The van der Waals surface area contributed by atoms with E-state index in [-0.39, 0.29) is 5.41 Å². The van der Waals surface area contributed by atoms with Gasteiger partial charge in [-0.15, -0.1) is 0 Å². The van der Waals surface area contributed by atoms with Crippen molar-refractivity contribution in [3.63, 3.8) is 0 Å². The summed E-state index contributed by atoms with van der Waals surface area (Å²) in [6.07, 6.45) is 5.92. The number of phenolic OH excluding ortho intramolecular Hbond substituents is 1. The van der Waals surface area contributed by atoms with Crippen molar-refractivity contribution in [3.8, 4) is 5.75 Å². The number of unbranched alkanes of at least 4 members (excludes halogenated alkanes) is 2. The molecule has 0 aliphatic carbocycles. The molecule has 0 bridgehead atoms. The van der Waals surface area contributed by atoms with Gasteiger partial charge in [0.05, 0.1) is 0 Å². The molecule has 17 heavy (non-hydrogen) atoms. The van der Waals surface area contributed by atoms with Crippen molar-refractivity contribution >= 4 is 0 Å². The molecule has 0 heterocycles. The molecule has 0 amide bonds. The van der Waals surface area contributed by atoms with Gasteiger partial charge in [-0.3, -0.25) is 0 Å². The number of hydrogen-bond acceptors (Lipinski definition) is 1. The van der Waals surface area contributed by atoms with E-state index >= 15 is 0 Å². The maximum Gasteiger partial charge on any atom is 0.119 e. The van der Waals surface area contributed by atoms with Crippen molar-refractivity contribution in [2.24, 2.45) is 0 Å². The highest BCUT2D eigenvalue weighted by Crippen LogP contribution is 2.35. The van der Waals surface area contributed by atoms with Gasteiger partial charge in [0.25, 0.3) is 0 Å². The van der Waals surface area contributed by atoms with Crippen LogP contribution in [0.5, 0.6) is 5.75 Å². The van der Waals surface area contributed by atoms with Crippen LogP contribution in [0, 0.1) is 0 Å². The molecule has 0 saturated carbocycles. The van der Waals surface area contributed by atoms with Crippen molar-refractivity contribution < 1.29 is 5.11 Å². The largest absolute Gasteiger partial charge is 0.508 e. The Balaban J connectivity index is 2.88. The van der Waals surface area contributed by atoms with E-state index in [9.17, 15) is 5.11 Å². The second-order valence-electron chi connectivity index (χ2n) is 5.55. The molecule has 0 aliphatic rings. The van der Waals surface area contributed by atoms with Gasteiger partial charge in [-0.1, -0.05) is 59.1 Å². The Kier molecular flexibility index (Phi) is 5.04. The minimum absolute atomic E-state index is 0.0738. The molecule has 0 radical (unpaired) electrons. The summed E-state index contributed by atoms with van der Waals surface area (Å²) < 4.78 is 0. The van der Waals surface area contributed by atoms with Crippen LogP contribution in [0.15, 0.2) is 18.2 Å². The van der Waals surface area contributed by atoms with E-state index in [1.807, 2.05) is 12.1 Å². The second kappa shape index (κ2) is 6.09.